The summed E-state index contributed by atoms with van der Waals surface area (Å²) in [7, 11) is 0. The van der Waals surface area contributed by atoms with Gasteiger partial charge in [0, 0.05) is 5.75 Å². The van der Waals surface area contributed by atoms with Crippen LogP contribution in [0.15, 0.2) is 22.7 Å². The number of amides is 2. The summed E-state index contributed by atoms with van der Waals surface area (Å²) in [5.41, 5.74) is 0.0348. The second-order valence-corrected chi connectivity index (χ2v) is 5.23. The van der Waals surface area contributed by atoms with E-state index >= 15 is 0 Å². The second kappa shape index (κ2) is 5.92. The van der Waals surface area contributed by atoms with E-state index in [1.807, 2.05) is 0 Å². The Hall–Kier alpha value is -1.76. The van der Waals surface area contributed by atoms with Crippen molar-refractivity contribution in [1.29, 1.82) is 0 Å². The number of rotatable bonds is 4. The average molecular weight is 283 g/mol. The molecule has 2 rings (SSSR count). The van der Waals surface area contributed by atoms with Crippen LogP contribution >= 0.6 is 11.9 Å². The van der Waals surface area contributed by atoms with E-state index in [0.29, 0.717) is 11.3 Å². The number of halogens is 1. The van der Waals surface area contributed by atoms with E-state index in [1.165, 1.54) is 24.1 Å². The van der Waals surface area contributed by atoms with Gasteiger partial charge in [-0.3, -0.25) is 10.0 Å². The number of benzene rings is 1. The Morgan fingerprint density at radius 2 is 2.32 bits per heavy atom. The molecule has 5 nitrogen and oxygen atoms in total. The monoisotopic (exact) mass is 283 g/mol. The summed E-state index contributed by atoms with van der Waals surface area (Å²) in [4.78, 5) is 11.6. The zero-order valence-electron chi connectivity index (χ0n) is 10.6. The molecular weight excluding hydrogens is 269 g/mol. The molecule has 0 saturated heterocycles. The lowest BCUT2D eigenvalue weighted by Crippen LogP contribution is -2.24. The van der Waals surface area contributed by atoms with Crippen molar-refractivity contribution in [2.75, 3.05) is 11.1 Å². The predicted molar refractivity (Wildman–Crippen MR) is 73.4 cm³/mol. The largest absolute Gasteiger partial charge is 0.351 e. The van der Waals surface area contributed by atoms with E-state index in [4.69, 9.17) is 4.52 Å². The van der Waals surface area contributed by atoms with Gasteiger partial charge in [-0.25, -0.2) is 9.18 Å². The van der Waals surface area contributed by atoms with Crippen molar-refractivity contribution >= 4 is 34.8 Å². The smallest absolute Gasteiger partial charge is 0.330 e. The molecule has 2 N–H and O–H groups in total. The predicted octanol–water partition coefficient (Wildman–Crippen LogP) is 3.39. The van der Waals surface area contributed by atoms with Gasteiger partial charge in [0.1, 0.15) is 0 Å². The summed E-state index contributed by atoms with van der Waals surface area (Å²) in [6.45, 7) is 4.11. The van der Waals surface area contributed by atoms with E-state index in [9.17, 15) is 9.18 Å². The average Bonchev–Trinajstić information content (AvgIpc) is 2.73. The number of nitrogens with one attached hydrogen (secondary N) is 2. The highest BCUT2D eigenvalue weighted by Gasteiger charge is 2.13. The third-order valence-electron chi connectivity index (χ3n) is 2.26. The Morgan fingerprint density at radius 1 is 1.53 bits per heavy atom. The summed E-state index contributed by atoms with van der Waals surface area (Å²) in [6, 6.07) is 4.03. The van der Waals surface area contributed by atoms with Gasteiger partial charge in [0.15, 0.2) is 11.6 Å². The first-order chi connectivity index (χ1) is 9.08. The van der Waals surface area contributed by atoms with E-state index in [0.717, 1.165) is 5.75 Å². The molecule has 102 valence electrons. The lowest BCUT2D eigenvalue weighted by Gasteiger charge is -2.06. The zero-order chi connectivity index (χ0) is 13.8. The zero-order valence-corrected chi connectivity index (χ0v) is 11.4. The van der Waals surface area contributed by atoms with Crippen LogP contribution in [0.25, 0.3) is 11.0 Å². The molecule has 0 bridgehead atoms. The number of carbonyl (C=O) groups excluding carboxylic acids is 1. The summed E-state index contributed by atoms with van der Waals surface area (Å²) < 4.78 is 20.8. The van der Waals surface area contributed by atoms with Gasteiger partial charge in [-0.2, -0.15) is 0 Å². The first-order valence-corrected chi connectivity index (χ1v) is 6.79. The minimum atomic E-state index is -0.507. The molecule has 0 aliphatic rings. The van der Waals surface area contributed by atoms with E-state index in [-0.39, 0.29) is 11.4 Å². The van der Waals surface area contributed by atoms with Crippen LogP contribution in [0.2, 0.25) is 0 Å². The summed E-state index contributed by atoms with van der Waals surface area (Å²) in [5, 5.41) is 6.60. The van der Waals surface area contributed by atoms with Gasteiger partial charge in [0.2, 0.25) is 5.58 Å². The number of hydrogen-bond acceptors (Lipinski definition) is 4. The van der Waals surface area contributed by atoms with Crippen LogP contribution in [0.5, 0.6) is 0 Å². The summed E-state index contributed by atoms with van der Waals surface area (Å²) in [5.74, 6) is 0.985. The molecule has 2 amide bonds. The normalized spacial score (nSPS) is 10.9. The number of para-hydroxylation sites is 1. The van der Waals surface area contributed by atoms with Crippen molar-refractivity contribution in [3.05, 3.63) is 24.0 Å². The minimum absolute atomic E-state index is 0.0348. The minimum Gasteiger partial charge on any atom is -0.351 e. The van der Waals surface area contributed by atoms with Crippen LogP contribution < -0.4 is 10.0 Å². The van der Waals surface area contributed by atoms with Gasteiger partial charge in [-0.05, 0) is 30.0 Å². The molecule has 1 heterocycles. The topological polar surface area (TPSA) is 67.2 Å². The van der Waals surface area contributed by atoms with Crippen LogP contribution in [-0.4, -0.2) is 16.9 Å². The fourth-order valence-electron chi connectivity index (χ4n) is 1.43. The Bertz CT molecular complexity index is 585. The maximum atomic E-state index is 13.4. The molecule has 1 aromatic heterocycles. The number of fused-ring (bicyclic) bond motifs is 1. The first kappa shape index (κ1) is 13.7. The standard InChI is InChI=1S/C12H14FN3O2S/c1-7(2)6-19-16-12(17)14-11-8-4-3-5-9(13)10(8)18-15-11/h3-5,7H,6H2,1-2H3,(H2,14,15,16,17). The van der Waals surface area contributed by atoms with E-state index in [1.54, 1.807) is 6.07 Å². The molecule has 0 radical (unpaired) electrons. The van der Waals surface area contributed by atoms with Crippen LogP contribution in [-0.2, 0) is 0 Å². The molecule has 0 saturated carbocycles. The molecule has 7 heteroatoms. The Morgan fingerprint density at radius 3 is 3.05 bits per heavy atom. The first-order valence-electron chi connectivity index (χ1n) is 5.80. The van der Waals surface area contributed by atoms with Crippen LogP contribution in [0, 0.1) is 11.7 Å². The third-order valence-corrected chi connectivity index (χ3v) is 3.43. The maximum Gasteiger partial charge on any atom is 0.330 e. The summed E-state index contributed by atoms with van der Waals surface area (Å²) >= 11 is 1.31. The molecule has 0 spiro atoms. The van der Waals surface area contributed by atoms with Gasteiger partial charge in [-0.1, -0.05) is 25.1 Å². The molecule has 0 fully saturated rings. The maximum absolute atomic E-state index is 13.4. The van der Waals surface area contributed by atoms with Gasteiger partial charge < -0.3 is 4.52 Å². The third kappa shape index (κ3) is 3.37. The highest BCUT2D eigenvalue weighted by molar-refractivity contribution is 7.97. The molecule has 0 aliphatic carbocycles. The molecule has 0 aliphatic heterocycles. The molecular formula is C12H14FN3O2S. The van der Waals surface area contributed by atoms with Crippen molar-refractivity contribution in [2.45, 2.75) is 13.8 Å². The van der Waals surface area contributed by atoms with Crippen molar-refractivity contribution in [3.8, 4) is 0 Å². The Balaban J connectivity index is 2.01. The van der Waals surface area contributed by atoms with Crippen molar-refractivity contribution in [2.24, 2.45) is 5.92 Å². The van der Waals surface area contributed by atoms with Crippen LogP contribution in [0.3, 0.4) is 0 Å². The molecule has 0 unspecified atom stereocenters. The quantitative estimate of drug-likeness (QED) is 0.844. The fraction of sp³-hybridized carbons (Fsp3) is 0.333. The second-order valence-electron chi connectivity index (χ2n) is 4.41. The molecule has 2 aromatic rings. The Kier molecular flexibility index (Phi) is 4.26. The van der Waals surface area contributed by atoms with Crippen LogP contribution in [0.1, 0.15) is 13.8 Å². The fourth-order valence-corrected chi connectivity index (χ4v) is 2.02. The number of nitrogens with zero attached hydrogens (tertiary/aromatic N) is 1. The van der Waals surface area contributed by atoms with Gasteiger partial charge in [0.05, 0.1) is 5.39 Å². The lowest BCUT2D eigenvalue weighted by molar-refractivity contribution is 0.257. The van der Waals surface area contributed by atoms with Gasteiger partial charge >= 0.3 is 6.03 Å². The van der Waals surface area contributed by atoms with Crippen LogP contribution in [0.4, 0.5) is 15.0 Å². The lowest BCUT2D eigenvalue weighted by atomic mass is 10.2. The number of carbonyl (C=O) groups is 1. The number of aromatic nitrogens is 1. The molecule has 19 heavy (non-hydrogen) atoms. The van der Waals surface area contributed by atoms with Crippen molar-refractivity contribution in [1.82, 2.24) is 9.88 Å². The number of anilines is 1. The van der Waals surface area contributed by atoms with Gasteiger partial charge in [0.25, 0.3) is 0 Å². The highest BCUT2D eigenvalue weighted by atomic mass is 32.2. The summed E-state index contributed by atoms with van der Waals surface area (Å²) in [6.07, 6.45) is 0. The molecule has 1 aromatic carbocycles. The Labute approximate surface area is 114 Å². The number of hydrogen-bond donors (Lipinski definition) is 2. The highest BCUT2D eigenvalue weighted by Crippen LogP contribution is 2.24. The van der Waals surface area contributed by atoms with Crippen molar-refractivity contribution < 1.29 is 13.7 Å². The van der Waals surface area contributed by atoms with E-state index < -0.39 is 11.8 Å². The van der Waals surface area contributed by atoms with Crippen molar-refractivity contribution in [3.63, 3.8) is 0 Å². The molecule has 0 atom stereocenters. The van der Waals surface area contributed by atoms with Gasteiger partial charge in [-0.15, -0.1) is 0 Å². The van der Waals surface area contributed by atoms with E-state index in [2.05, 4.69) is 29.0 Å². The number of urea groups is 1. The SMILES string of the molecule is CC(C)CSNC(=O)Nc1noc2c(F)cccc12.